The summed E-state index contributed by atoms with van der Waals surface area (Å²) in [4.78, 5) is 0. The molecule has 0 spiro atoms. The Balaban J connectivity index is 2.54. The van der Waals surface area contributed by atoms with E-state index < -0.39 is 0 Å². The predicted octanol–water partition coefficient (Wildman–Crippen LogP) is 4.55. The van der Waals surface area contributed by atoms with Crippen LogP contribution in [0.3, 0.4) is 0 Å². The van der Waals surface area contributed by atoms with Gasteiger partial charge in [0.15, 0.2) is 0 Å². The van der Waals surface area contributed by atoms with Crippen molar-refractivity contribution in [3.05, 3.63) is 31.5 Å². The maximum atomic E-state index is 2.92. The summed E-state index contributed by atoms with van der Waals surface area (Å²) in [7, 11) is 0. The number of rotatable bonds is 0. The van der Waals surface area contributed by atoms with Crippen LogP contribution in [-0.2, 0) is 0 Å². The van der Waals surface area contributed by atoms with Crippen LogP contribution in [0.4, 0.5) is 0 Å². The fourth-order valence-electron chi connectivity index (χ4n) is 1.40. The lowest BCUT2D eigenvalue weighted by molar-refractivity contribution is 1.26. The number of hydrogen-bond donors (Lipinski definition) is 0. The third-order valence-electron chi connectivity index (χ3n) is 2.01. The minimum atomic E-state index is 0.454. The van der Waals surface area contributed by atoms with Crippen LogP contribution in [0.5, 0.6) is 0 Å². The van der Waals surface area contributed by atoms with E-state index in [0.29, 0.717) is 58.4 Å². The van der Waals surface area contributed by atoms with Crippen molar-refractivity contribution >= 4 is 85.8 Å². The van der Waals surface area contributed by atoms with E-state index in [0.717, 1.165) is 0 Å². The summed E-state index contributed by atoms with van der Waals surface area (Å²) in [6.45, 7) is 0. The maximum absolute atomic E-state index is 2.92. The second-order valence-electron chi connectivity index (χ2n) is 2.74. The van der Waals surface area contributed by atoms with Gasteiger partial charge in [0.05, 0.1) is 7.27 Å². The number of para-hydroxylation sites is 1. The zero-order chi connectivity index (χ0) is 9.54. The van der Waals surface area contributed by atoms with Crippen LogP contribution < -0.4 is 0 Å². The minimum Gasteiger partial charge on any atom is -0.446 e. The summed E-state index contributed by atoms with van der Waals surface area (Å²) in [6.07, 6.45) is 0. The van der Waals surface area contributed by atoms with Crippen molar-refractivity contribution in [3.8, 4) is 0 Å². The van der Waals surface area contributed by atoms with E-state index in [-0.39, 0.29) is 0 Å². The molecule has 1 aliphatic rings. The van der Waals surface area contributed by atoms with Crippen LogP contribution in [0.2, 0.25) is 0 Å². The number of fused-ring (bicyclic) bond motifs is 3. The van der Waals surface area contributed by atoms with Crippen molar-refractivity contribution in [2.45, 2.75) is 0 Å². The highest BCUT2D eigenvalue weighted by Crippen LogP contribution is 2.52. The Labute approximate surface area is 118 Å². The highest BCUT2D eigenvalue weighted by molar-refractivity contribution is 15.4. The Bertz CT molecular complexity index is 572. The second kappa shape index (κ2) is 4.83. The molecule has 2 aromatic rings. The van der Waals surface area contributed by atoms with E-state index in [2.05, 4.69) is 44.3 Å². The van der Waals surface area contributed by atoms with Gasteiger partial charge in [-0.3, -0.25) is 0 Å². The molecule has 2 radical (unpaired) electrons. The van der Waals surface area contributed by atoms with Crippen molar-refractivity contribution in [1.82, 2.24) is 3.55 Å². The SMILES string of the molecule is [Al][n]1c2c(c3ccccc31)I=II=I2. The normalized spacial score (nSPS) is 15.7. The number of benzene rings is 1. The van der Waals surface area contributed by atoms with Gasteiger partial charge >= 0.3 is 16.5 Å². The van der Waals surface area contributed by atoms with Crippen molar-refractivity contribution in [1.29, 1.82) is 0 Å². The van der Waals surface area contributed by atoms with Crippen LogP contribution in [0, 0.1) is 7.27 Å². The molecule has 1 aromatic carbocycles. The monoisotopic (exact) mass is 649 g/mol. The Morgan fingerprint density at radius 2 is 1.86 bits per heavy atom. The highest BCUT2D eigenvalue weighted by atomic mass is 128. The van der Waals surface area contributed by atoms with Gasteiger partial charge in [-0.25, -0.2) is 0 Å². The van der Waals surface area contributed by atoms with Crippen molar-refractivity contribution in [3.63, 3.8) is 0 Å². The average Bonchev–Trinajstić information content (AvgIpc) is 2.55. The van der Waals surface area contributed by atoms with E-state index in [1.807, 2.05) is 3.57 Å². The number of hydrogen-bond acceptors (Lipinski definition) is 0. The average molecular weight is 649 g/mol. The minimum absolute atomic E-state index is 0.454. The third kappa shape index (κ3) is 1.89. The van der Waals surface area contributed by atoms with Crippen molar-refractivity contribution < 1.29 is 0 Å². The second-order valence-corrected chi connectivity index (χ2v) is 44.1. The quantitative estimate of drug-likeness (QED) is 0.292. The molecule has 3 rings (SSSR count). The standard InChI is InChI=1S/C8H4I4N.Al/c1-2-4-6-5(3-1)7-8(13-6)10-12-11-9-7;/h1-4H;/q-1;+1. The van der Waals surface area contributed by atoms with Gasteiger partial charge in [0, 0.05) is 10.9 Å². The maximum Gasteiger partial charge on any atom is 0.318 e. The molecule has 1 aromatic heterocycles. The molecule has 0 atom stereocenters. The molecule has 0 amide bonds. The van der Waals surface area contributed by atoms with Crippen LogP contribution in [0.25, 0.3) is 10.9 Å². The zero-order valence-electron chi connectivity index (χ0n) is 6.85. The number of halogens is 4. The Kier molecular flexibility index (Phi) is 3.91. The van der Waals surface area contributed by atoms with Crippen molar-refractivity contribution in [2.24, 2.45) is 0 Å². The summed E-state index contributed by atoms with van der Waals surface area (Å²) in [5.41, 5.74) is 1.46. The summed E-state index contributed by atoms with van der Waals surface area (Å²) in [6, 6.07) is 8.95. The van der Waals surface area contributed by atoms with Gasteiger partial charge in [0.25, 0.3) is 0 Å². The first-order chi connectivity index (χ1) is 6.88. The van der Waals surface area contributed by atoms with Crippen molar-refractivity contribution in [2.75, 3.05) is 0 Å². The van der Waals surface area contributed by atoms with Gasteiger partial charge in [-0.2, -0.15) is 0 Å². The fourth-order valence-corrected chi connectivity index (χ4v) is 74.9. The molecule has 0 unspecified atom stereocenters. The molecule has 1 nitrogen and oxygen atoms in total. The molecule has 14 heavy (non-hydrogen) atoms. The highest BCUT2D eigenvalue weighted by Gasteiger charge is 2.12. The smallest absolute Gasteiger partial charge is 0.318 e. The van der Waals surface area contributed by atoms with Gasteiger partial charge in [0.2, 0.25) is 0 Å². The molecule has 6 heteroatoms. The molecule has 2 heterocycles. The molecular weight excluding hydrogens is 645 g/mol. The van der Waals surface area contributed by atoms with Gasteiger partial charge in [-0.1, -0.05) is 18.2 Å². The predicted molar refractivity (Wildman–Crippen MR) is 96.6 cm³/mol. The molecule has 72 valence electrons. The molecule has 0 saturated heterocycles. The lowest BCUT2D eigenvalue weighted by Gasteiger charge is -2.01. The first kappa shape index (κ1) is 11.3. The lowest BCUT2D eigenvalue weighted by atomic mass is 10.3. The molecule has 0 aliphatic carbocycles. The van der Waals surface area contributed by atoms with Crippen LogP contribution in [-0.4, -0.2) is 20.1 Å². The van der Waals surface area contributed by atoms with E-state index >= 15 is 0 Å². The third-order valence-corrected chi connectivity index (χ3v) is 69.9. The van der Waals surface area contributed by atoms with E-state index in [4.69, 9.17) is 0 Å². The molecule has 0 fully saturated rings. The summed E-state index contributed by atoms with van der Waals surface area (Å²) >= 11 is 5.26. The molecule has 0 bridgehead atoms. The first-order valence-electron chi connectivity index (χ1n) is 3.84. The van der Waals surface area contributed by atoms with E-state index in [1.165, 1.54) is 5.52 Å². The first-order valence-corrected chi connectivity index (χ1v) is 25.4. The molecular formula is C8H4AlI4N. The van der Waals surface area contributed by atoms with Gasteiger partial charge in [-0.05, 0) is 64.5 Å². The molecule has 0 saturated carbocycles. The number of aromatic nitrogens is 1. The van der Waals surface area contributed by atoms with Crippen LogP contribution in [0.15, 0.2) is 24.3 Å². The zero-order valence-corrected chi connectivity index (χ0v) is 16.6. The number of nitrogens with zero attached hydrogens (tertiary/aromatic N) is 1. The van der Waals surface area contributed by atoms with E-state index in [9.17, 15) is 0 Å². The summed E-state index contributed by atoms with van der Waals surface area (Å²) in [5.74, 6) is 0. The molecule has 1 aliphatic heterocycles. The van der Waals surface area contributed by atoms with Gasteiger partial charge < -0.3 is 3.55 Å². The van der Waals surface area contributed by atoms with Crippen LogP contribution in [0.1, 0.15) is 0 Å². The van der Waals surface area contributed by atoms with Gasteiger partial charge in [0.1, 0.15) is 0 Å². The van der Waals surface area contributed by atoms with Crippen LogP contribution >= 0.6 is 58.4 Å². The Morgan fingerprint density at radius 1 is 1.07 bits per heavy atom. The summed E-state index contributed by atoms with van der Waals surface area (Å²) < 4.78 is 6.00. The summed E-state index contributed by atoms with van der Waals surface area (Å²) in [5, 5.41) is 1.58. The fraction of sp³-hybridized carbons (Fsp3) is 0. The topological polar surface area (TPSA) is 4.93 Å². The van der Waals surface area contributed by atoms with Gasteiger partial charge in [-0.15, -0.1) is 0 Å². The lowest BCUT2D eigenvalue weighted by Crippen LogP contribution is -1.93. The van der Waals surface area contributed by atoms with E-state index in [1.54, 1.807) is 9.09 Å². The Hall–Kier alpha value is 2.21. The Morgan fingerprint density at radius 3 is 2.79 bits per heavy atom. The largest absolute Gasteiger partial charge is 0.446 e. The molecule has 0 N–H and O–H groups in total.